The molecule has 0 atom stereocenters. The highest BCUT2D eigenvalue weighted by Crippen LogP contribution is 2.26. The number of rotatable bonds is 3. The van der Waals surface area contributed by atoms with Gasteiger partial charge in [0.2, 0.25) is 0 Å². The largest absolute Gasteiger partial charge is 0.336 e. The fourth-order valence-corrected chi connectivity index (χ4v) is 2.08. The van der Waals surface area contributed by atoms with Crippen molar-refractivity contribution in [3.05, 3.63) is 53.7 Å². The molecule has 2 heterocycles. The van der Waals surface area contributed by atoms with E-state index in [0.717, 1.165) is 22.4 Å². The average molecular weight is 286 g/mol. The number of pyridine rings is 1. The summed E-state index contributed by atoms with van der Waals surface area (Å²) in [5.74, 6) is 0.871. The molecule has 3 rings (SSSR count). The van der Waals surface area contributed by atoms with Crippen LogP contribution in [0, 0.1) is 0 Å². The van der Waals surface area contributed by atoms with E-state index in [0.29, 0.717) is 11.6 Å². The minimum atomic E-state index is 0.445. The van der Waals surface area contributed by atoms with E-state index in [9.17, 15) is 0 Å². The third-order valence-corrected chi connectivity index (χ3v) is 3.23. The molecule has 0 N–H and O–H groups in total. The van der Waals surface area contributed by atoms with Crippen molar-refractivity contribution in [3.63, 3.8) is 0 Å². The minimum Gasteiger partial charge on any atom is -0.336 e. The molecule has 0 aliphatic heterocycles. The Morgan fingerprint density at radius 3 is 2.90 bits per heavy atom. The Labute approximate surface area is 121 Å². The lowest BCUT2D eigenvalue weighted by atomic mass is 10.2. The normalized spacial score (nSPS) is 11.5. The summed E-state index contributed by atoms with van der Waals surface area (Å²) in [7, 11) is 1.93. The van der Waals surface area contributed by atoms with Crippen LogP contribution in [0.5, 0.6) is 0 Å². The summed E-state index contributed by atoms with van der Waals surface area (Å²) in [4.78, 5) is 8.47. The SMILES string of the molecule is Cn1ccnc1CN=Nc1ccnc2cc(Cl)ccc12. The zero-order valence-electron chi connectivity index (χ0n) is 10.9. The Morgan fingerprint density at radius 1 is 1.20 bits per heavy atom. The van der Waals surface area contributed by atoms with Crippen LogP contribution in [0.3, 0.4) is 0 Å². The third-order valence-electron chi connectivity index (χ3n) is 2.99. The van der Waals surface area contributed by atoms with Crippen LogP contribution in [0.2, 0.25) is 5.02 Å². The van der Waals surface area contributed by atoms with Crippen molar-refractivity contribution in [2.45, 2.75) is 6.54 Å². The summed E-state index contributed by atoms with van der Waals surface area (Å²) in [6.07, 6.45) is 5.33. The van der Waals surface area contributed by atoms with Gasteiger partial charge in [0.15, 0.2) is 0 Å². The zero-order valence-corrected chi connectivity index (χ0v) is 11.6. The molecule has 20 heavy (non-hydrogen) atoms. The van der Waals surface area contributed by atoms with Crippen LogP contribution >= 0.6 is 11.6 Å². The van der Waals surface area contributed by atoms with E-state index in [2.05, 4.69) is 20.2 Å². The fraction of sp³-hybridized carbons (Fsp3) is 0.143. The number of fused-ring (bicyclic) bond motifs is 1. The molecule has 0 aliphatic carbocycles. The van der Waals surface area contributed by atoms with Gasteiger partial charge >= 0.3 is 0 Å². The van der Waals surface area contributed by atoms with Crippen LogP contribution < -0.4 is 0 Å². The topological polar surface area (TPSA) is 55.4 Å². The lowest BCUT2D eigenvalue weighted by molar-refractivity contribution is 0.773. The van der Waals surface area contributed by atoms with Crippen LogP contribution in [0.15, 0.2) is 53.1 Å². The number of azo groups is 1. The molecule has 0 saturated carbocycles. The van der Waals surface area contributed by atoms with Crippen molar-refractivity contribution in [1.29, 1.82) is 0 Å². The van der Waals surface area contributed by atoms with Crippen LogP contribution in [-0.4, -0.2) is 14.5 Å². The summed E-state index contributed by atoms with van der Waals surface area (Å²) in [5, 5.41) is 10.1. The van der Waals surface area contributed by atoms with Crippen molar-refractivity contribution in [3.8, 4) is 0 Å². The molecule has 6 heteroatoms. The second-order valence-corrected chi connectivity index (χ2v) is 4.78. The van der Waals surface area contributed by atoms with Crippen LogP contribution in [-0.2, 0) is 13.6 Å². The fourth-order valence-electron chi connectivity index (χ4n) is 1.92. The van der Waals surface area contributed by atoms with E-state index in [-0.39, 0.29) is 0 Å². The highest BCUT2D eigenvalue weighted by atomic mass is 35.5. The van der Waals surface area contributed by atoms with E-state index in [1.165, 1.54) is 0 Å². The van der Waals surface area contributed by atoms with E-state index in [1.807, 2.05) is 42.1 Å². The first-order valence-electron chi connectivity index (χ1n) is 6.12. The second kappa shape index (κ2) is 5.38. The molecule has 100 valence electrons. The first kappa shape index (κ1) is 12.7. The van der Waals surface area contributed by atoms with Gasteiger partial charge in [0.25, 0.3) is 0 Å². The average Bonchev–Trinajstić information content (AvgIpc) is 2.84. The maximum atomic E-state index is 5.96. The summed E-state index contributed by atoms with van der Waals surface area (Å²) < 4.78 is 1.92. The van der Waals surface area contributed by atoms with Crippen LogP contribution in [0.25, 0.3) is 10.9 Å². The van der Waals surface area contributed by atoms with Gasteiger partial charge in [0, 0.05) is 36.0 Å². The molecule has 0 bridgehead atoms. The quantitative estimate of drug-likeness (QED) is 0.685. The molecule has 0 radical (unpaired) electrons. The van der Waals surface area contributed by atoms with Gasteiger partial charge in [-0.15, -0.1) is 0 Å². The first-order valence-corrected chi connectivity index (χ1v) is 6.50. The highest BCUT2D eigenvalue weighted by Gasteiger charge is 2.02. The summed E-state index contributed by atoms with van der Waals surface area (Å²) >= 11 is 5.96. The van der Waals surface area contributed by atoms with Gasteiger partial charge in [-0.25, -0.2) is 4.98 Å². The number of nitrogens with zero attached hydrogens (tertiary/aromatic N) is 5. The van der Waals surface area contributed by atoms with Gasteiger partial charge in [-0.05, 0) is 24.3 Å². The standard InChI is InChI=1S/C14H12ClN5/c1-20-7-6-17-14(20)9-18-19-12-4-5-16-13-8-10(15)2-3-11(12)13/h2-8H,9H2,1H3. The van der Waals surface area contributed by atoms with Crippen molar-refractivity contribution < 1.29 is 0 Å². The van der Waals surface area contributed by atoms with E-state index >= 15 is 0 Å². The molecular weight excluding hydrogens is 274 g/mol. The lowest BCUT2D eigenvalue weighted by Gasteiger charge is -2.01. The molecule has 1 aromatic carbocycles. The van der Waals surface area contributed by atoms with E-state index in [1.54, 1.807) is 12.4 Å². The molecule has 0 spiro atoms. The number of aromatic nitrogens is 3. The molecule has 0 fully saturated rings. The number of hydrogen-bond acceptors (Lipinski definition) is 4. The summed E-state index contributed by atoms with van der Waals surface area (Å²) in [6, 6.07) is 7.37. The van der Waals surface area contributed by atoms with Gasteiger partial charge < -0.3 is 4.57 Å². The molecule has 3 aromatic rings. The van der Waals surface area contributed by atoms with Gasteiger partial charge in [-0.2, -0.15) is 10.2 Å². The van der Waals surface area contributed by atoms with E-state index in [4.69, 9.17) is 11.6 Å². The zero-order chi connectivity index (χ0) is 13.9. The number of hydrogen-bond donors (Lipinski definition) is 0. The predicted molar refractivity (Wildman–Crippen MR) is 78.2 cm³/mol. The maximum absolute atomic E-state index is 5.96. The molecule has 0 amide bonds. The van der Waals surface area contributed by atoms with Crippen LogP contribution in [0.4, 0.5) is 5.69 Å². The third kappa shape index (κ3) is 2.53. The second-order valence-electron chi connectivity index (χ2n) is 4.35. The molecule has 0 saturated heterocycles. The first-order chi connectivity index (χ1) is 9.74. The van der Waals surface area contributed by atoms with Crippen molar-refractivity contribution in [1.82, 2.24) is 14.5 Å². The van der Waals surface area contributed by atoms with Crippen molar-refractivity contribution in [2.75, 3.05) is 0 Å². The monoisotopic (exact) mass is 285 g/mol. The van der Waals surface area contributed by atoms with Gasteiger partial charge in [-0.3, -0.25) is 4.98 Å². The Balaban J connectivity index is 1.89. The Morgan fingerprint density at radius 2 is 2.10 bits per heavy atom. The number of aryl methyl sites for hydroxylation is 1. The molecule has 2 aromatic heterocycles. The number of imidazole rings is 1. The Kier molecular flexibility index (Phi) is 3.43. The lowest BCUT2D eigenvalue weighted by Crippen LogP contribution is -1.94. The van der Waals surface area contributed by atoms with Crippen molar-refractivity contribution >= 4 is 28.2 Å². The minimum absolute atomic E-state index is 0.445. The number of benzene rings is 1. The Hall–Kier alpha value is -2.27. The van der Waals surface area contributed by atoms with E-state index < -0.39 is 0 Å². The van der Waals surface area contributed by atoms with Gasteiger partial charge in [-0.1, -0.05) is 11.6 Å². The predicted octanol–water partition coefficient (Wildman–Crippen LogP) is 3.91. The smallest absolute Gasteiger partial charge is 0.132 e. The molecule has 0 aliphatic rings. The summed E-state index contributed by atoms with van der Waals surface area (Å²) in [5.41, 5.74) is 1.59. The maximum Gasteiger partial charge on any atom is 0.132 e. The molecular formula is C14H12ClN5. The summed E-state index contributed by atoms with van der Waals surface area (Å²) in [6.45, 7) is 0.445. The van der Waals surface area contributed by atoms with Crippen molar-refractivity contribution in [2.24, 2.45) is 17.3 Å². The van der Waals surface area contributed by atoms with Crippen LogP contribution in [0.1, 0.15) is 5.82 Å². The van der Waals surface area contributed by atoms with Gasteiger partial charge in [0.05, 0.1) is 11.2 Å². The molecule has 5 nitrogen and oxygen atoms in total. The number of halogens is 1. The molecule has 0 unspecified atom stereocenters. The highest BCUT2D eigenvalue weighted by molar-refractivity contribution is 6.31. The Bertz CT molecular complexity index is 778. The van der Waals surface area contributed by atoms with Gasteiger partial charge in [0.1, 0.15) is 12.4 Å².